The van der Waals surface area contributed by atoms with E-state index in [1.165, 1.54) is 11.8 Å². The molecule has 0 N–H and O–H groups in total. The molecular weight excluding hydrogens is 314 g/mol. The Balaban J connectivity index is 2.42. The van der Waals surface area contributed by atoms with Crippen LogP contribution in [0.1, 0.15) is 24.2 Å². The summed E-state index contributed by atoms with van der Waals surface area (Å²) in [6.45, 7) is 3.18. The second-order valence-corrected chi connectivity index (χ2v) is 5.60. The predicted octanol–water partition coefficient (Wildman–Crippen LogP) is 3.97. The molecule has 0 heterocycles. The molecule has 0 radical (unpaired) electrons. The number of halogens is 1. The van der Waals surface area contributed by atoms with Crippen molar-refractivity contribution in [2.24, 2.45) is 0 Å². The summed E-state index contributed by atoms with van der Waals surface area (Å²) in [5, 5.41) is 0.553. The molecule has 1 atom stereocenters. The average molecular weight is 332 g/mol. The van der Waals surface area contributed by atoms with Crippen molar-refractivity contribution in [1.29, 1.82) is 0 Å². The Morgan fingerprint density at radius 3 is 2.09 bits per heavy atom. The fourth-order valence-electron chi connectivity index (χ4n) is 2.17. The number of amides is 1. The number of anilines is 1. The number of rotatable bonds is 5. The largest absolute Gasteiger partial charge is 0.497 e. The van der Waals surface area contributed by atoms with E-state index in [1.807, 2.05) is 0 Å². The van der Waals surface area contributed by atoms with E-state index in [2.05, 4.69) is 0 Å². The molecule has 2 rings (SSSR count). The van der Waals surface area contributed by atoms with Crippen molar-refractivity contribution in [3.8, 4) is 5.75 Å². The molecule has 2 aromatic carbocycles. The zero-order chi connectivity index (χ0) is 17.0. The molecule has 120 valence electrons. The summed E-state index contributed by atoms with van der Waals surface area (Å²) in [5.41, 5.74) is 1.10. The third kappa shape index (κ3) is 3.90. The number of methoxy groups -OCH3 is 1. The van der Waals surface area contributed by atoms with Crippen molar-refractivity contribution in [2.75, 3.05) is 12.0 Å². The fraction of sp³-hybridized carbons (Fsp3) is 0.222. The molecule has 4 nitrogen and oxygen atoms in total. The van der Waals surface area contributed by atoms with Crippen LogP contribution in [0, 0.1) is 0 Å². The zero-order valence-electron chi connectivity index (χ0n) is 13.2. The van der Waals surface area contributed by atoms with Gasteiger partial charge < -0.3 is 4.74 Å². The molecule has 0 saturated carbocycles. The van der Waals surface area contributed by atoms with Crippen molar-refractivity contribution >= 4 is 29.0 Å². The van der Waals surface area contributed by atoms with Crippen LogP contribution in [0.25, 0.3) is 0 Å². The standard InChI is InChI=1S/C18H18ClNO3/c1-12(13(2)21)20(16-8-10-17(23-3)11-9-16)18(22)14-4-6-15(19)7-5-14/h4-12H,1-3H3. The number of nitrogens with zero attached hydrogens (tertiary/aromatic N) is 1. The van der Waals surface area contributed by atoms with Gasteiger partial charge in [-0.2, -0.15) is 0 Å². The highest BCUT2D eigenvalue weighted by Crippen LogP contribution is 2.24. The van der Waals surface area contributed by atoms with Crippen LogP contribution in [0.2, 0.25) is 5.02 Å². The summed E-state index contributed by atoms with van der Waals surface area (Å²) >= 11 is 5.87. The van der Waals surface area contributed by atoms with E-state index < -0.39 is 6.04 Å². The van der Waals surface area contributed by atoms with Gasteiger partial charge in [0.25, 0.3) is 5.91 Å². The Labute approximate surface area is 140 Å². The van der Waals surface area contributed by atoms with E-state index in [0.29, 0.717) is 22.0 Å². The molecule has 1 amide bonds. The lowest BCUT2D eigenvalue weighted by molar-refractivity contribution is -0.117. The number of hydrogen-bond acceptors (Lipinski definition) is 3. The van der Waals surface area contributed by atoms with Crippen LogP contribution < -0.4 is 9.64 Å². The summed E-state index contributed by atoms with van der Waals surface area (Å²) in [6.07, 6.45) is 0. The maximum Gasteiger partial charge on any atom is 0.258 e. The predicted molar refractivity (Wildman–Crippen MR) is 91.4 cm³/mol. The third-order valence-corrected chi connectivity index (χ3v) is 3.89. The second kappa shape index (κ2) is 7.29. The van der Waals surface area contributed by atoms with Crippen molar-refractivity contribution in [3.63, 3.8) is 0 Å². The molecule has 0 bridgehead atoms. The van der Waals surface area contributed by atoms with Crippen molar-refractivity contribution in [1.82, 2.24) is 0 Å². The van der Waals surface area contributed by atoms with Gasteiger partial charge in [0.1, 0.15) is 5.75 Å². The van der Waals surface area contributed by atoms with Crippen LogP contribution in [0.5, 0.6) is 5.75 Å². The quantitative estimate of drug-likeness (QED) is 0.832. The average Bonchev–Trinajstić information content (AvgIpc) is 2.56. The Hall–Kier alpha value is -2.33. The smallest absolute Gasteiger partial charge is 0.258 e. The lowest BCUT2D eigenvalue weighted by atomic mass is 10.1. The zero-order valence-corrected chi connectivity index (χ0v) is 14.0. The van der Waals surface area contributed by atoms with Gasteiger partial charge >= 0.3 is 0 Å². The normalized spacial score (nSPS) is 11.7. The fourth-order valence-corrected chi connectivity index (χ4v) is 2.30. The maximum atomic E-state index is 12.9. The highest BCUT2D eigenvalue weighted by molar-refractivity contribution is 6.30. The van der Waals surface area contributed by atoms with Gasteiger partial charge in [0.15, 0.2) is 5.78 Å². The van der Waals surface area contributed by atoms with Crippen LogP contribution in [0.3, 0.4) is 0 Å². The number of benzene rings is 2. The van der Waals surface area contributed by atoms with E-state index in [1.54, 1.807) is 62.6 Å². The van der Waals surface area contributed by atoms with Crippen molar-refractivity contribution < 1.29 is 14.3 Å². The minimum atomic E-state index is -0.577. The number of ketones is 1. The van der Waals surface area contributed by atoms with Crippen LogP contribution in [-0.2, 0) is 4.79 Å². The van der Waals surface area contributed by atoms with Crippen LogP contribution >= 0.6 is 11.6 Å². The van der Waals surface area contributed by atoms with Crippen LogP contribution in [0.15, 0.2) is 48.5 Å². The molecule has 0 aliphatic heterocycles. The monoisotopic (exact) mass is 331 g/mol. The molecular formula is C18H18ClNO3. The van der Waals surface area contributed by atoms with Gasteiger partial charge in [-0.1, -0.05) is 11.6 Å². The highest BCUT2D eigenvalue weighted by atomic mass is 35.5. The molecule has 0 aromatic heterocycles. The number of carbonyl (C=O) groups is 2. The van der Waals surface area contributed by atoms with Crippen molar-refractivity contribution in [3.05, 3.63) is 59.1 Å². The Morgan fingerprint density at radius 1 is 1.04 bits per heavy atom. The summed E-state index contributed by atoms with van der Waals surface area (Å²) in [5.74, 6) is 0.334. The Kier molecular flexibility index (Phi) is 5.40. The van der Waals surface area contributed by atoms with E-state index in [-0.39, 0.29) is 11.7 Å². The third-order valence-electron chi connectivity index (χ3n) is 3.64. The first kappa shape index (κ1) is 17.0. The molecule has 5 heteroatoms. The van der Waals surface area contributed by atoms with Crippen molar-refractivity contribution in [2.45, 2.75) is 19.9 Å². The highest BCUT2D eigenvalue weighted by Gasteiger charge is 2.26. The minimum absolute atomic E-state index is 0.0943. The molecule has 0 aliphatic rings. The van der Waals surface area contributed by atoms with Crippen LogP contribution in [0.4, 0.5) is 5.69 Å². The molecule has 0 saturated heterocycles. The van der Waals surface area contributed by atoms with Gasteiger partial charge in [-0.3, -0.25) is 14.5 Å². The molecule has 23 heavy (non-hydrogen) atoms. The second-order valence-electron chi connectivity index (χ2n) is 5.17. The lowest BCUT2D eigenvalue weighted by Crippen LogP contribution is -2.42. The molecule has 0 spiro atoms. The topological polar surface area (TPSA) is 46.6 Å². The first-order valence-corrected chi connectivity index (χ1v) is 7.55. The maximum absolute atomic E-state index is 12.9. The van der Waals surface area contributed by atoms with Gasteiger partial charge in [-0.25, -0.2) is 0 Å². The van der Waals surface area contributed by atoms with Gasteiger partial charge in [-0.05, 0) is 62.4 Å². The summed E-state index contributed by atoms with van der Waals surface area (Å²) < 4.78 is 5.13. The molecule has 0 aliphatic carbocycles. The van der Waals surface area contributed by atoms with Crippen LogP contribution in [-0.4, -0.2) is 24.8 Å². The number of carbonyl (C=O) groups excluding carboxylic acids is 2. The first-order valence-electron chi connectivity index (χ1n) is 7.17. The summed E-state index contributed by atoms with van der Waals surface area (Å²) in [6, 6.07) is 13.0. The molecule has 0 fully saturated rings. The van der Waals surface area contributed by atoms with E-state index in [9.17, 15) is 9.59 Å². The number of hydrogen-bond donors (Lipinski definition) is 0. The van der Waals surface area contributed by atoms with Gasteiger partial charge in [-0.15, -0.1) is 0 Å². The Bertz CT molecular complexity index is 695. The number of ether oxygens (including phenoxy) is 1. The molecule has 2 aromatic rings. The van der Waals surface area contributed by atoms with Gasteiger partial charge in [0.2, 0.25) is 0 Å². The number of Topliss-reactive ketones (excluding diaryl/α,β-unsaturated/α-hetero) is 1. The van der Waals surface area contributed by atoms with E-state index >= 15 is 0 Å². The first-order chi connectivity index (χ1) is 10.9. The van der Waals surface area contributed by atoms with E-state index in [4.69, 9.17) is 16.3 Å². The Morgan fingerprint density at radius 2 is 1.61 bits per heavy atom. The summed E-state index contributed by atoms with van der Waals surface area (Å²) in [7, 11) is 1.57. The lowest BCUT2D eigenvalue weighted by Gasteiger charge is -2.28. The summed E-state index contributed by atoms with van der Waals surface area (Å²) in [4.78, 5) is 26.2. The minimum Gasteiger partial charge on any atom is -0.497 e. The van der Waals surface area contributed by atoms with Gasteiger partial charge in [0, 0.05) is 16.3 Å². The van der Waals surface area contributed by atoms with E-state index in [0.717, 1.165) is 0 Å². The molecule has 1 unspecified atom stereocenters. The van der Waals surface area contributed by atoms with Gasteiger partial charge in [0.05, 0.1) is 13.2 Å². The SMILES string of the molecule is COc1ccc(N(C(=O)c2ccc(Cl)cc2)C(C)C(C)=O)cc1.